The fourth-order valence-corrected chi connectivity index (χ4v) is 3.75. The first-order valence-corrected chi connectivity index (χ1v) is 10.1. The minimum absolute atomic E-state index is 0.0736. The summed E-state index contributed by atoms with van der Waals surface area (Å²) in [5.74, 6) is -1.78. The number of hydrogen-bond acceptors (Lipinski definition) is 6. The van der Waals surface area contributed by atoms with E-state index < -0.39 is 48.3 Å². The van der Waals surface area contributed by atoms with Crippen molar-refractivity contribution in [3.05, 3.63) is 12.2 Å². The molecule has 7 atom stereocenters. The van der Waals surface area contributed by atoms with Gasteiger partial charge in [-0.1, -0.05) is 38.3 Å². The zero-order valence-electron chi connectivity index (χ0n) is 16.2. The van der Waals surface area contributed by atoms with Crippen LogP contribution in [0.15, 0.2) is 12.2 Å². The Kier molecular flexibility index (Phi) is 11.1. The highest BCUT2D eigenvalue weighted by Crippen LogP contribution is 2.37. The van der Waals surface area contributed by atoms with Crippen LogP contribution in [0.5, 0.6) is 0 Å². The standard InChI is InChI=1S/C20H36O7/c1-2-3-4-6-13(21)9-10-14-15(18(24)12-17(14)23)11-19(25)16(22)7-5-8-20(26)27/h9-10,13-19,21-25H,2-8,11-12H2,1H3,(H,26,27)/t13-,14+,15+,16?,17+,18-,19?/m0/s1. The molecule has 1 rings (SSSR count). The average molecular weight is 389 g/mol. The Hall–Kier alpha value is -0.990. The minimum atomic E-state index is -1.10. The molecule has 0 radical (unpaired) electrons. The van der Waals surface area contributed by atoms with Crippen molar-refractivity contribution in [2.24, 2.45) is 11.8 Å². The molecule has 6 N–H and O–H groups in total. The first kappa shape index (κ1) is 24.0. The van der Waals surface area contributed by atoms with Gasteiger partial charge < -0.3 is 30.6 Å². The van der Waals surface area contributed by atoms with Crippen molar-refractivity contribution in [3.63, 3.8) is 0 Å². The molecule has 7 nitrogen and oxygen atoms in total. The van der Waals surface area contributed by atoms with Gasteiger partial charge >= 0.3 is 5.97 Å². The number of aliphatic hydroxyl groups excluding tert-OH is 5. The second-order valence-corrected chi connectivity index (χ2v) is 7.72. The van der Waals surface area contributed by atoms with E-state index in [2.05, 4.69) is 6.92 Å². The van der Waals surface area contributed by atoms with Crippen LogP contribution in [-0.4, -0.2) is 67.1 Å². The Balaban J connectivity index is 2.58. The molecule has 1 aliphatic rings. The number of carboxylic acid groups (broad SMARTS) is 1. The van der Waals surface area contributed by atoms with E-state index in [1.54, 1.807) is 12.2 Å². The minimum Gasteiger partial charge on any atom is -0.481 e. The van der Waals surface area contributed by atoms with E-state index in [1.165, 1.54) is 0 Å². The maximum Gasteiger partial charge on any atom is 0.303 e. The van der Waals surface area contributed by atoms with Crippen LogP contribution in [0, 0.1) is 11.8 Å². The van der Waals surface area contributed by atoms with Gasteiger partial charge in [-0.15, -0.1) is 0 Å². The van der Waals surface area contributed by atoms with Crippen LogP contribution in [0.4, 0.5) is 0 Å². The zero-order valence-corrected chi connectivity index (χ0v) is 16.2. The summed E-state index contributed by atoms with van der Waals surface area (Å²) >= 11 is 0. The molecule has 0 aliphatic heterocycles. The Morgan fingerprint density at radius 3 is 2.37 bits per heavy atom. The lowest BCUT2D eigenvalue weighted by Crippen LogP contribution is -2.33. The monoisotopic (exact) mass is 388 g/mol. The molecule has 7 heteroatoms. The maximum atomic E-state index is 10.5. The maximum absolute atomic E-state index is 10.5. The molecule has 0 aromatic carbocycles. The van der Waals surface area contributed by atoms with Gasteiger partial charge in [-0.25, -0.2) is 0 Å². The average Bonchev–Trinajstić information content (AvgIpc) is 2.86. The summed E-state index contributed by atoms with van der Waals surface area (Å²) in [6, 6.07) is 0. The van der Waals surface area contributed by atoms with Crippen LogP contribution in [0.3, 0.4) is 0 Å². The largest absolute Gasteiger partial charge is 0.481 e. The van der Waals surface area contributed by atoms with E-state index in [-0.39, 0.29) is 32.1 Å². The van der Waals surface area contributed by atoms with Crippen LogP contribution in [0.25, 0.3) is 0 Å². The molecule has 158 valence electrons. The molecule has 1 fully saturated rings. The van der Waals surface area contributed by atoms with Crippen molar-refractivity contribution in [1.82, 2.24) is 0 Å². The van der Waals surface area contributed by atoms with E-state index in [0.29, 0.717) is 6.42 Å². The molecule has 0 saturated heterocycles. The summed E-state index contributed by atoms with van der Waals surface area (Å²) in [4.78, 5) is 10.5. The molecule has 2 unspecified atom stereocenters. The van der Waals surface area contributed by atoms with Crippen molar-refractivity contribution in [2.75, 3.05) is 0 Å². The van der Waals surface area contributed by atoms with Gasteiger partial charge in [0.05, 0.1) is 30.5 Å². The number of aliphatic carboxylic acids is 1. The number of carboxylic acids is 1. The first-order valence-electron chi connectivity index (χ1n) is 10.1. The van der Waals surface area contributed by atoms with Crippen molar-refractivity contribution < 1.29 is 35.4 Å². The first-order chi connectivity index (χ1) is 12.8. The van der Waals surface area contributed by atoms with Gasteiger partial charge in [-0.05, 0) is 31.6 Å². The van der Waals surface area contributed by atoms with Gasteiger partial charge in [0.1, 0.15) is 0 Å². The van der Waals surface area contributed by atoms with Crippen molar-refractivity contribution in [2.45, 2.75) is 95.2 Å². The summed E-state index contributed by atoms with van der Waals surface area (Å²) in [6.45, 7) is 2.09. The quantitative estimate of drug-likeness (QED) is 0.206. The highest BCUT2D eigenvalue weighted by atomic mass is 16.4. The Morgan fingerprint density at radius 2 is 1.74 bits per heavy atom. The third-order valence-corrected chi connectivity index (χ3v) is 5.42. The number of unbranched alkanes of at least 4 members (excludes halogenated alkanes) is 2. The SMILES string of the molecule is CCCCC[C@H](O)C=C[C@@H]1[C@@H](CC(O)C(O)CCCC(=O)O)[C@@H](O)C[C@H]1O. The van der Waals surface area contributed by atoms with Crippen LogP contribution >= 0.6 is 0 Å². The van der Waals surface area contributed by atoms with E-state index in [4.69, 9.17) is 5.11 Å². The highest BCUT2D eigenvalue weighted by Gasteiger charge is 2.41. The van der Waals surface area contributed by atoms with Crippen LogP contribution in [0.1, 0.15) is 64.7 Å². The van der Waals surface area contributed by atoms with Gasteiger partial charge in [0.15, 0.2) is 0 Å². The Morgan fingerprint density at radius 1 is 1.04 bits per heavy atom. The van der Waals surface area contributed by atoms with E-state index in [1.807, 2.05) is 0 Å². The third-order valence-electron chi connectivity index (χ3n) is 5.42. The summed E-state index contributed by atoms with van der Waals surface area (Å²) in [7, 11) is 0. The zero-order chi connectivity index (χ0) is 20.4. The number of carbonyl (C=O) groups is 1. The van der Waals surface area contributed by atoms with Crippen LogP contribution in [0.2, 0.25) is 0 Å². The molecule has 1 saturated carbocycles. The van der Waals surface area contributed by atoms with Crippen LogP contribution in [-0.2, 0) is 4.79 Å². The summed E-state index contributed by atoms with van der Waals surface area (Å²) in [5.41, 5.74) is 0. The van der Waals surface area contributed by atoms with Crippen LogP contribution < -0.4 is 0 Å². The normalized spacial score (nSPS) is 29.1. The molecule has 0 amide bonds. The smallest absolute Gasteiger partial charge is 0.303 e. The fourth-order valence-electron chi connectivity index (χ4n) is 3.75. The predicted molar refractivity (Wildman–Crippen MR) is 101 cm³/mol. The van der Waals surface area contributed by atoms with Gasteiger partial charge in [-0.3, -0.25) is 4.79 Å². The summed E-state index contributed by atoms with van der Waals surface area (Å²) in [5, 5.41) is 59.3. The van der Waals surface area contributed by atoms with Gasteiger partial charge in [0.25, 0.3) is 0 Å². The van der Waals surface area contributed by atoms with E-state index in [9.17, 15) is 30.3 Å². The lowest BCUT2D eigenvalue weighted by molar-refractivity contribution is -0.137. The van der Waals surface area contributed by atoms with Gasteiger partial charge in [0.2, 0.25) is 0 Å². The number of rotatable bonds is 13. The summed E-state index contributed by atoms with van der Waals surface area (Å²) in [6.07, 6.45) is 3.34. The van der Waals surface area contributed by atoms with E-state index >= 15 is 0 Å². The lowest BCUT2D eigenvalue weighted by Gasteiger charge is -2.26. The molecule has 0 bridgehead atoms. The third kappa shape index (κ3) is 8.70. The number of aliphatic hydroxyl groups is 5. The van der Waals surface area contributed by atoms with Crippen molar-refractivity contribution in [3.8, 4) is 0 Å². The number of hydrogen-bond donors (Lipinski definition) is 6. The molecule has 0 spiro atoms. The Labute approximate surface area is 161 Å². The molecule has 0 aromatic heterocycles. The topological polar surface area (TPSA) is 138 Å². The molecule has 0 heterocycles. The predicted octanol–water partition coefficient (Wildman–Crippen LogP) is 1.21. The molecule has 27 heavy (non-hydrogen) atoms. The summed E-state index contributed by atoms with van der Waals surface area (Å²) < 4.78 is 0. The van der Waals surface area contributed by atoms with Crippen molar-refractivity contribution in [1.29, 1.82) is 0 Å². The Bertz CT molecular complexity index is 454. The molecular weight excluding hydrogens is 352 g/mol. The highest BCUT2D eigenvalue weighted by molar-refractivity contribution is 5.66. The molecular formula is C20H36O7. The second kappa shape index (κ2) is 12.5. The second-order valence-electron chi connectivity index (χ2n) is 7.72. The van der Waals surface area contributed by atoms with Gasteiger partial charge in [-0.2, -0.15) is 0 Å². The van der Waals surface area contributed by atoms with E-state index in [0.717, 1.165) is 19.3 Å². The lowest BCUT2D eigenvalue weighted by atomic mass is 9.86. The molecule has 0 aromatic rings. The fraction of sp³-hybridized carbons (Fsp3) is 0.850. The van der Waals surface area contributed by atoms with Gasteiger partial charge in [0, 0.05) is 18.8 Å². The van der Waals surface area contributed by atoms with Crippen molar-refractivity contribution >= 4 is 5.97 Å². The molecule has 1 aliphatic carbocycles.